The molecule has 0 aliphatic rings. The second-order valence-electron chi connectivity index (χ2n) is 5.04. The van der Waals surface area contributed by atoms with Crippen molar-refractivity contribution in [1.29, 1.82) is 0 Å². The third-order valence-electron chi connectivity index (χ3n) is 1.88. The zero-order valence-corrected chi connectivity index (χ0v) is 28.4. The molecule has 0 fully saturated rings. The van der Waals surface area contributed by atoms with Gasteiger partial charge < -0.3 is 0 Å². The molecule has 0 nitrogen and oxygen atoms in total. The van der Waals surface area contributed by atoms with Gasteiger partial charge >= 0.3 is 0 Å². The molecule has 0 heterocycles. The van der Waals surface area contributed by atoms with Crippen LogP contribution < -0.4 is 0 Å². The van der Waals surface area contributed by atoms with Gasteiger partial charge in [0.1, 0.15) is 0 Å². The van der Waals surface area contributed by atoms with Crippen molar-refractivity contribution < 1.29 is 0 Å². The van der Waals surface area contributed by atoms with E-state index >= 15 is 0 Å². The van der Waals surface area contributed by atoms with E-state index in [9.17, 15) is 0 Å². The van der Waals surface area contributed by atoms with Crippen molar-refractivity contribution in [2.75, 3.05) is 0 Å². The molecule has 0 aliphatic heterocycles. The summed E-state index contributed by atoms with van der Waals surface area (Å²) in [7, 11) is 0. The van der Waals surface area contributed by atoms with Gasteiger partial charge in [0.15, 0.2) is 0 Å². The maximum absolute atomic E-state index is 2.17. The molecule has 0 radical (unpaired) electrons. The van der Waals surface area contributed by atoms with E-state index in [1.54, 1.807) is 0 Å². The molecule has 0 saturated heterocycles. The van der Waals surface area contributed by atoms with Gasteiger partial charge in [-0.25, -0.2) is 0 Å². The quantitative estimate of drug-likeness (QED) is 0.350. The van der Waals surface area contributed by atoms with Gasteiger partial charge in [-0.2, -0.15) is 0 Å². The highest BCUT2D eigenvalue weighted by Crippen LogP contribution is 1.92. The third-order valence-corrected chi connectivity index (χ3v) is 1.88. The first-order valence-electron chi connectivity index (χ1n) is 14.6. The van der Waals surface area contributed by atoms with Crippen LogP contribution >= 0.6 is 0 Å². The van der Waals surface area contributed by atoms with Gasteiger partial charge in [-0.3, -0.25) is 0 Å². The average Bonchev–Trinajstić information content (AvgIpc) is 2.94. The van der Waals surface area contributed by atoms with Crippen molar-refractivity contribution in [1.82, 2.24) is 0 Å². The zero-order valence-electron chi connectivity index (χ0n) is 28.4. The normalized spacial score (nSPS) is 6.06. The molecule has 0 heteroatoms. The minimum absolute atomic E-state index is 0.833. The molecule has 2 aromatic rings. The lowest BCUT2D eigenvalue weighted by Crippen LogP contribution is -1.66. The smallest absolute Gasteiger partial charge is 0.0398 e. The minimum Gasteiger partial charge on any atom is -0.0683 e. The van der Waals surface area contributed by atoms with Crippen LogP contribution in [-0.2, 0) is 0 Å². The predicted octanol–water partition coefficient (Wildman–Crippen LogP) is 13.9. The largest absolute Gasteiger partial charge is 0.0683 e. The molecule has 0 N–H and O–H groups in total. The van der Waals surface area contributed by atoms with Crippen LogP contribution in [0.15, 0.2) is 60.7 Å². The van der Waals surface area contributed by atoms with Crippen LogP contribution in [0.3, 0.4) is 0 Å². The molecular formula is C34H74. The lowest BCUT2D eigenvalue weighted by Gasteiger charge is -1.82. The third kappa shape index (κ3) is 127. The van der Waals surface area contributed by atoms with Gasteiger partial charge in [0.25, 0.3) is 0 Å². The molecule has 0 bridgehead atoms. The van der Waals surface area contributed by atoms with E-state index in [-0.39, 0.29) is 0 Å². The molecule has 0 spiro atoms. The Kier molecular flexibility index (Phi) is 164. The SMILES string of the molecule is CC.CC.CC.CC.CC.CC.CC.CC.CC(C)C.Cc1ccccc1.Cc1ccccc1. The van der Waals surface area contributed by atoms with Crippen LogP contribution in [0, 0.1) is 19.8 Å². The van der Waals surface area contributed by atoms with Gasteiger partial charge in [0.2, 0.25) is 0 Å². The topological polar surface area (TPSA) is 0 Å². The predicted molar refractivity (Wildman–Crippen MR) is 174 cm³/mol. The maximum Gasteiger partial charge on any atom is -0.0398 e. The van der Waals surface area contributed by atoms with E-state index < -0.39 is 0 Å². The number of aryl methyl sites for hydroxylation is 2. The van der Waals surface area contributed by atoms with Crippen molar-refractivity contribution in [3.05, 3.63) is 71.8 Å². The van der Waals surface area contributed by atoms with Crippen molar-refractivity contribution in [2.45, 2.75) is 145 Å². The molecule has 210 valence electrons. The van der Waals surface area contributed by atoms with Crippen LogP contribution in [0.4, 0.5) is 0 Å². The fourth-order valence-corrected chi connectivity index (χ4v) is 1.07. The molecule has 2 rings (SSSR count). The molecule has 0 aromatic heterocycles. The van der Waals surface area contributed by atoms with Gasteiger partial charge in [-0.15, -0.1) is 0 Å². The monoisotopic (exact) mass is 483 g/mol. The Morgan fingerprint density at radius 1 is 0.324 bits per heavy atom. The van der Waals surface area contributed by atoms with Crippen molar-refractivity contribution in [3.8, 4) is 0 Å². The second-order valence-corrected chi connectivity index (χ2v) is 5.04. The van der Waals surface area contributed by atoms with E-state index in [0.717, 1.165) is 5.92 Å². The number of hydrogen-bond acceptors (Lipinski definition) is 0. The van der Waals surface area contributed by atoms with Crippen LogP contribution in [0.5, 0.6) is 0 Å². The Morgan fingerprint density at radius 3 is 0.500 bits per heavy atom. The van der Waals surface area contributed by atoms with E-state index in [0.29, 0.717) is 0 Å². The van der Waals surface area contributed by atoms with Crippen molar-refractivity contribution in [2.24, 2.45) is 5.92 Å². The highest BCUT2D eigenvalue weighted by Gasteiger charge is 1.72. The maximum atomic E-state index is 2.17. The summed E-state index contributed by atoms with van der Waals surface area (Å²) < 4.78 is 0. The number of benzene rings is 2. The fourth-order valence-electron chi connectivity index (χ4n) is 1.07. The van der Waals surface area contributed by atoms with Gasteiger partial charge in [0.05, 0.1) is 0 Å². The van der Waals surface area contributed by atoms with E-state index in [4.69, 9.17) is 0 Å². The molecule has 2 aromatic carbocycles. The van der Waals surface area contributed by atoms with Gasteiger partial charge in [-0.1, -0.05) is 203 Å². The van der Waals surface area contributed by atoms with E-state index in [1.165, 1.54) is 11.1 Å². The second kappa shape index (κ2) is 95.8. The van der Waals surface area contributed by atoms with Crippen LogP contribution in [0.1, 0.15) is 143 Å². The summed E-state index contributed by atoms with van der Waals surface area (Å²) in [5, 5.41) is 0. The highest BCUT2D eigenvalue weighted by atomic mass is 13.8. The lowest BCUT2D eigenvalue weighted by molar-refractivity contribution is 0.737. The lowest BCUT2D eigenvalue weighted by atomic mass is 10.2. The summed E-state index contributed by atoms with van der Waals surface area (Å²) in [5.41, 5.74) is 2.64. The number of hydrogen-bond donors (Lipinski definition) is 0. The van der Waals surface area contributed by atoms with E-state index in [2.05, 4.69) is 58.9 Å². The Labute approximate surface area is 223 Å². The summed E-state index contributed by atoms with van der Waals surface area (Å²) in [6, 6.07) is 20.5. The Morgan fingerprint density at radius 2 is 0.441 bits per heavy atom. The molecule has 0 amide bonds. The minimum atomic E-state index is 0.833. The summed E-state index contributed by atoms with van der Waals surface area (Å²) in [6.45, 7) is 42.7. The molecule has 0 saturated carbocycles. The first-order chi connectivity index (χ1) is 16.5. The number of rotatable bonds is 0. The van der Waals surface area contributed by atoms with Crippen LogP contribution in [-0.4, -0.2) is 0 Å². The fraction of sp³-hybridized carbons (Fsp3) is 0.647. The van der Waals surface area contributed by atoms with E-state index in [1.807, 2.05) is 147 Å². The summed E-state index contributed by atoms with van der Waals surface area (Å²) in [5.74, 6) is 0.833. The zero-order chi connectivity index (χ0) is 29.8. The molecule has 0 aliphatic carbocycles. The summed E-state index contributed by atoms with van der Waals surface area (Å²) in [6.07, 6.45) is 0. The first-order valence-corrected chi connectivity index (χ1v) is 14.6. The summed E-state index contributed by atoms with van der Waals surface area (Å²) in [4.78, 5) is 0. The highest BCUT2D eigenvalue weighted by molar-refractivity contribution is 5.12. The van der Waals surface area contributed by atoms with Crippen LogP contribution in [0.25, 0.3) is 0 Å². The van der Waals surface area contributed by atoms with Crippen LogP contribution in [0.2, 0.25) is 0 Å². The van der Waals surface area contributed by atoms with Gasteiger partial charge in [0, 0.05) is 0 Å². The Bertz CT molecular complexity index is 333. The van der Waals surface area contributed by atoms with Crippen molar-refractivity contribution in [3.63, 3.8) is 0 Å². The van der Waals surface area contributed by atoms with Crippen molar-refractivity contribution >= 4 is 0 Å². The Balaban J connectivity index is -0.0000000310. The molecule has 34 heavy (non-hydrogen) atoms. The first kappa shape index (κ1) is 58.4. The standard InChI is InChI=1S/2C7H8.C4H10.8C2H6/c2*1-7-5-3-2-4-6-7;1-4(2)3;8*1-2/h2*2-6H,1H3;4H,1-3H3;8*1-2H3. The summed E-state index contributed by atoms with van der Waals surface area (Å²) >= 11 is 0. The average molecular weight is 483 g/mol. The molecule has 0 atom stereocenters. The Hall–Kier alpha value is -1.56. The molecular weight excluding hydrogens is 408 g/mol. The van der Waals surface area contributed by atoms with Gasteiger partial charge in [-0.05, 0) is 19.8 Å². The molecule has 0 unspecified atom stereocenters.